The molecule has 170 valence electrons. The molecule has 2 N–H and O–H groups in total. The van der Waals surface area contributed by atoms with Gasteiger partial charge in [0.1, 0.15) is 23.0 Å². The van der Waals surface area contributed by atoms with Gasteiger partial charge in [-0.3, -0.25) is 14.5 Å². The van der Waals surface area contributed by atoms with Crippen molar-refractivity contribution in [2.24, 2.45) is 4.99 Å². The first-order valence-corrected chi connectivity index (χ1v) is 12.2. The normalized spacial score (nSPS) is 16.2. The zero-order valence-electron chi connectivity index (χ0n) is 18.6. The summed E-state index contributed by atoms with van der Waals surface area (Å²) in [6, 6.07) is 15.1. The Morgan fingerprint density at radius 1 is 1.06 bits per heavy atom. The molecule has 0 bridgehead atoms. The molecule has 1 heterocycles. The molecule has 2 aromatic carbocycles. The maximum Gasteiger partial charge on any atom is 0.264 e. The number of sulfonamides is 1. The van der Waals surface area contributed by atoms with E-state index >= 15 is 0 Å². The zero-order chi connectivity index (χ0) is 23.1. The second kappa shape index (κ2) is 10.5. The van der Waals surface area contributed by atoms with E-state index in [1.54, 1.807) is 12.1 Å². The summed E-state index contributed by atoms with van der Waals surface area (Å²) in [5.41, 5.74) is 3.34. The van der Waals surface area contributed by atoms with Crippen molar-refractivity contribution in [1.82, 2.24) is 10.0 Å². The predicted molar refractivity (Wildman–Crippen MR) is 127 cm³/mol. The topological polar surface area (TPSA) is 96.9 Å². The fraction of sp³-hybridized carbons (Fsp3) is 0.333. The number of benzene rings is 2. The monoisotopic (exact) mass is 455 g/mol. The lowest BCUT2D eigenvalue weighted by Gasteiger charge is -2.07. The van der Waals surface area contributed by atoms with E-state index in [1.807, 2.05) is 57.2 Å². The highest BCUT2D eigenvalue weighted by molar-refractivity contribution is 8.00. The van der Waals surface area contributed by atoms with E-state index in [1.165, 1.54) is 0 Å². The Hall–Kier alpha value is -3.13. The van der Waals surface area contributed by atoms with Gasteiger partial charge in [0.15, 0.2) is 0 Å². The quantitative estimate of drug-likeness (QED) is 0.607. The third-order valence-corrected chi connectivity index (χ3v) is 6.56. The summed E-state index contributed by atoms with van der Waals surface area (Å²) in [5.74, 6) is 0.798. The van der Waals surface area contributed by atoms with Crippen molar-refractivity contribution in [3.8, 4) is 5.75 Å². The van der Waals surface area contributed by atoms with Crippen LogP contribution in [0.4, 0.5) is 0 Å². The second-order valence-corrected chi connectivity index (χ2v) is 9.09. The molecule has 0 saturated heterocycles. The van der Waals surface area contributed by atoms with Crippen molar-refractivity contribution < 1.29 is 17.9 Å². The molecule has 0 aromatic heterocycles. The Balaban J connectivity index is 1.62. The summed E-state index contributed by atoms with van der Waals surface area (Å²) >= 11 is 0. The van der Waals surface area contributed by atoms with Crippen molar-refractivity contribution in [2.45, 2.75) is 33.6 Å². The predicted octanol–water partition coefficient (Wildman–Crippen LogP) is 3.21. The van der Waals surface area contributed by atoms with Gasteiger partial charge in [-0.15, -0.1) is 0 Å². The number of aryl methyl sites for hydroxylation is 1. The Morgan fingerprint density at radius 2 is 1.75 bits per heavy atom. The third kappa shape index (κ3) is 5.76. The smallest absolute Gasteiger partial charge is 0.264 e. The van der Waals surface area contributed by atoms with Gasteiger partial charge >= 0.3 is 0 Å². The van der Waals surface area contributed by atoms with E-state index in [-0.39, 0.29) is 23.2 Å². The van der Waals surface area contributed by atoms with Gasteiger partial charge in [-0.1, -0.05) is 48.9 Å². The third-order valence-electron chi connectivity index (χ3n) is 5.08. The SMILES string of the molecule is CCOc1ccc(CCNC(=O)CN=C2NS(=O)(=O)C(c3ccc(C)cc3)=C2CC)cc1. The summed E-state index contributed by atoms with van der Waals surface area (Å²) in [6.07, 6.45) is 1.16. The van der Waals surface area contributed by atoms with Crippen molar-refractivity contribution in [2.75, 3.05) is 19.7 Å². The minimum absolute atomic E-state index is 0.147. The van der Waals surface area contributed by atoms with Gasteiger partial charge in [-0.05, 0) is 49.9 Å². The van der Waals surface area contributed by atoms with E-state index in [0.29, 0.717) is 37.1 Å². The Labute approximate surface area is 189 Å². The van der Waals surface area contributed by atoms with E-state index in [2.05, 4.69) is 15.0 Å². The molecule has 1 aliphatic rings. The summed E-state index contributed by atoms with van der Waals surface area (Å²) in [5, 5.41) is 2.83. The fourth-order valence-corrected chi connectivity index (χ4v) is 5.03. The molecule has 1 amide bonds. The van der Waals surface area contributed by atoms with Crippen LogP contribution in [0, 0.1) is 6.92 Å². The highest BCUT2D eigenvalue weighted by atomic mass is 32.2. The molecule has 0 atom stereocenters. The summed E-state index contributed by atoms with van der Waals surface area (Å²) < 4.78 is 33.3. The van der Waals surface area contributed by atoms with Crippen molar-refractivity contribution >= 4 is 26.7 Å². The molecule has 2 aromatic rings. The van der Waals surface area contributed by atoms with Crippen LogP contribution in [-0.2, 0) is 21.2 Å². The number of hydrogen-bond donors (Lipinski definition) is 2. The molecule has 0 fully saturated rings. The largest absolute Gasteiger partial charge is 0.494 e. The number of hydrogen-bond acceptors (Lipinski definition) is 5. The maximum atomic E-state index is 12.7. The number of nitrogens with one attached hydrogen (secondary N) is 2. The molecule has 32 heavy (non-hydrogen) atoms. The molecule has 0 aliphatic carbocycles. The summed E-state index contributed by atoms with van der Waals surface area (Å²) in [6.45, 7) is 6.70. The number of carbonyl (C=O) groups is 1. The average Bonchev–Trinajstić information content (AvgIpc) is 3.04. The Morgan fingerprint density at radius 3 is 2.38 bits per heavy atom. The van der Waals surface area contributed by atoms with Gasteiger partial charge in [0, 0.05) is 12.1 Å². The molecule has 8 heteroatoms. The van der Waals surface area contributed by atoms with E-state index in [9.17, 15) is 13.2 Å². The number of nitrogens with zero attached hydrogens (tertiary/aromatic N) is 1. The van der Waals surface area contributed by atoms with Crippen LogP contribution in [0.25, 0.3) is 4.91 Å². The fourth-order valence-electron chi connectivity index (χ4n) is 3.47. The molecular formula is C24H29N3O4S. The molecule has 7 nitrogen and oxygen atoms in total. The van der Waals surface area contributed by atoms with Crippen LogP contribution in [0.15, 0.2) is 59.1 Å². The molecular weight excluding hydrogens is 426 g/mol. The first-order valence-electron chi connectivity index (χ1n) is 10.7. The maximum absolute atomic E-state index is 12.7. The zero-order valence-corrected chi connectivity index (χ0v) is 19.5. The van der Waals surface area contributed by atoms with Crippen LogP contribution in [-0.4, -0.2) is 39.9 Å². The molecule has 0 radical (unpaired) electrons. The van der Waals surface area contributed by atoms with Gasteiger partial charge in [0.25, 0.3) is 10.0 Å². The highest BCUT2D eigenvalue weighted by Gasteiger charge is 2.34. The summed E-state index contributed by atoms with van der Waals surface area (Å²) in [4.78, 5) is 16.7. The second-order valence-electron chi connectivity index (χ2n) is 7.47. The lowest BCUT2D eigenvalue weighted by Crippen LogP contribution is -2.30. The molecule has 0 saturated carbocycles. The minimum atomic E-state index is -3.72. The number of carbonyl (C=O) groups excluding carboxylic acids is 1. The first kappa shape index (κ1) is 23.5. The van der Waals surface area contributed by atoms with Gasteiger partial charge in [0.05, 0.1) is 6.61 Å². The summed E-state index contributed by atoms with van der Waals surface area (Å²) in [7, 11) is -3.72. The average molecular weight is 456 g/mol. The van der Waals surface area contributed by atoms with Crippen LogP contribution in [0.5, 0.6) is 5.75 Å². The standard InChI is InChI=1S/C24H29N3O4S/c1-4-21-23(19-10-6-17(3)7-11-19)32(29,30)27-24(21)26-16-22(28)25-15-14-18-8-12-20(13-9-18)31-5-2/h6-13H,4-5,14-16H2,1-3H3,(H,25,28)(H,26,27). The van der Waals surface area contributed by atoms with Gasteiger partial charge < -0.3 is 10.1 Å². The number of amidine groups is 1. The van der Waals surface area contributed by atoms with Crippen molar-refractivity contribution in [1.29, 1.82) is 0 Å². The van der Waals surface area contributed by atoms with Gasteiger partial charge in [-0.2, -0.15) is 0 Å². The van der Waals surface area contributed by atoms with Gasteiger partial charge in [0.2, 0.25) is 5.91 Å². The van der Waals surface area contributed by atoms with E-state index in [4.69, 9.17) is 4.74 Å². The number of amides is 1. The molecule has 3 rings (SSSR count). The Kier molecular flexibility index (Phi) is 7.69. The number of rotatable bonds is 9. The minimum Gasteiger partial charge on any atom is -0.494 e. The number of aliphatic imine (C=N–C) groups is 1. The van der Waals surface area contributed by atoms with E-state index in [0.717, 1.165) is 16.9 Å². The van der Waals surface area contributed by atoms with Crippen molar-refractivity contribution in [3.05, 3.63) is 70.8 Å². The lowest BCUT2D eigenvalue weighted by molar-refractivity contribution is -0.119. The number of ether oxygens (including phenoxy) is 1. The van der Waals surface area contributed by atoms with E-state index < -0.39 is 10.0 Å². The van der Waals surface area contributed by atoms with Crippen LogP contribution >= 0.6 is 0 Å². The lowest BCUT2D eigenvalue weighted by atomic mass is 10.1. The van der Waals surface area contributed by atoms with Gasteiger partial charge in [-0.25, -0.2) is 8.42 Å². The molecule has 1 aliphatic heterocycles. The Bertz CT molecular complexity index is 1120. The van der Waals surface area contributed by atoms with Crippen LogP contribution in [0.3, 0.4) is 0 Å². The first-order chi connectivity index (χ1) is 15.3. The molecule has 0 spiro atoms. The highest BCUT2D eigenvalue weighted by Crippen LogP contribution is 2.31. The van der Waals surface area contributed by atoms with Crippen molar-refractivity contribution in [3.63, 3.8) is 0 Å². The van der Waals surface area contributed by atoms with Crippen LogP contribution in [0.2, 0.25) is 0 Å². The van der Waals surface area contributed by atoms with Crippen LogP contribution < -0.4 is 14.8 Å². The van der Waals surface area contributed by atoms with Crippen LogP contribution in [0.1, 0.15) is 37.0 Å². The molecule has 0 unspecified atom stereocenters.